The van der Waals surface area contributed by atoms with E-state index in [-0.39, 0.29) is 5.76 Å². The second-order valence-electron chi connectivity index (χ2n) is 6.65. The SMILES string of the molecule is O=C(Nc1ccc(Oc2ccc3nc(NC(=O)c4ccco4)[nH]c3c2)cc1)Nc1nncs1. The summed E-state index contributed by atoms with van der Waals surface area (Å²) in [7, 11) is 0. The van der Waals surface area contributed by atoms with Crippen LogP contribution in [0.25, 0.3) is 11.0 Å². The smallest absolute Gasteiger partial charge is 0.325 e. The molecule has 0 radical (unpaired) electrons. The van der Waals surface area contributed by atoms with E-state index in [0.717, 1.165) is 0 Å². The van der Waals surface area contributed by atoms with Gasteiger partial charge < -0.3 is 19.5 Å². The van der Waals surface area contributed by atoms with E-state index in [0.29, 0.717) is 39.3 Å². The Bertz CT molecular complexity index is 1400. The van der Waals surface area contributed by atoms with Crippen LogP contribution in [0.2, 0.25) is 0 Å². The predicted molar refractivity (Wildman–Crippen MR) is 122 cm³/mol. The van der Waals surface area contributed by atoms with Crippen molar-refractivity contribution in [2.45, 2.75) is 0 Å². The summed E-state index contributed by atoms with van der Waals surface area (Å²) >= 11 is 1.22. The molecule has 5 rings (SSSR count). The number of furan rings is 1. The molecule has 3 aromatic heterocycles. The van der Waals surface area contributed by atoms with Gasteiger partial charge in [-0.2, -0.15) is 0 Å². The first-order valence-electron chi connectivity index (χ1n) is 9.59. The van der Waals surface area contributed by atoms with E-state index in [9.17, 15) is 9.59 Å². The number of urea groups is 1. The van der Waals surface area contributed by atoms with Crippen molar-refractivity contribution in [3.05, 3.63) is 72.1 Å². The number of ether oxygens (including phenoxy) is 1. The Morgan fingerprint density at radius 1 is 1.00 bits per heavy atom. The molecule has 0 bridgehead atoms. The molecule has 0 unspecified atom stereocenters. The van der Waals surface area contributed by atoms with Crippen LogP contribution in [-0.2, 0) is 0 Å². The van der Waals surface area contributed by atoms with Crippen LogP contribution in [0.5, 0.6) is 11.5 Å². The molecule has 2 aromatic carbocycles. The minimum Gasteiger partial charge on any atom is -0.459 e. The van der Waals surface area contributed by atoms with Gasteiger partial charge >= 0.3 is 6.03 Å². The Labute approximate surface area is 189 Å². The van der Waals surface area contributed by atoms with E-state index in [1.54, 1.807) is 54.6 Å². The highest BCUT2D eigenvalue weighted by Gasteiger charge is 2.12. The van der Waals surface area contributed by atoms with Gasteiger partial charge in [0.25, 0.3) is 5.91 Å². The Hall–Kier alpha value is -4.71. The van der Waals surface area contributed by atoms with E-state index in [4.69, 9.17) is 9.15 Å². The molecule has 4 N–H and O–H groups in total. The highest BCUT2D eigenvalue weighted by atomic mass is 32.1. The molecule has 3 heterocycles. The molecular weight excluding hydrogens is 446 g/mol. The van der Waals surface area contributed by atoms with Crippen LogP contribution in [-0.4, -0.2) is 32.1 Å². The summed E-state index contributed by atoms with van der Waals surface area (Å²) in [6, 6.07) is 15.0. The summed E-state index contributed by atoms with van der Waals surface area (Å²) in [6.45, 7) is 0. The van der Waals surface area contributed by atoms with Crippen molar-refractivity contribution in [3.8, 4) is 11.5 Å². The maximum absolute atomic E-state index is 12.1. The Balaban J connectivity index is 1.22. The monoisotopic (exact) mass is 461 g/mol. The standard InChI is InChI=1S/C21H15N7O4S/c29-18(17-2-1-9-31-17)26-19-24-15-8-7-14(10-16(15)25-19)32-13-5-3-12(4-6-13)23-20(30)27-21-28-22-11-33-21/h1-11H,(H2,23,27,28,30)(H2,24,25,26,29). The molecule has 0 saturated carbocycles. The number of H-pyrrole nitrogens is 1. The fraction of sp³-hybridized carbons (Fsp3) is 0. The van der Waals surface area contributed by atoms with Crippen LogP contribution in [0.15, 0.2) is 70.8 Å². The number of aromatic nitrogens is 4. The average Bonchev–Trinajstić information content (AvgIpc) is 3.57. The fourth-order valence-electron chi connectivity index (χ4n) is 2.92. The van der Waals surface area contributed by atoms with E-state index < -0.39 is 11.9 Å². The number of carbonyl (C=O) groups excluding carboxylic acids is 2. The van der Waals surface area contributed by atoms with Crippen LogP contribution in [0.4, 0.5) is 21.6 Å². The lowest BCUT2D eigenvalue weighted by molar-refractivity contribution is 0.0996. The number of nitrogens with zero attached hydrogens (tertiary/aromatic N) is 3. The molecule has 0 aliphatic rings. The Kier molecular flexibility index (Phi) is 5.39. The van der Waals surface area contributed by atoms with Crippen LogP contribution >= 0.6 is 11.3 Å². The second kappa shape index (κ2) is 8.80. The molecular formula is C21H15N7O4S. The number of imidazole rings is 1. The molecule has 12 heteroatoms. The van der Waals surface area contributed by atoms with Crippen LogP contribution in [0.1, 0.15) is 10.6 Å². The lowest BCUT2D eigenvalue weighted by Crippen LogP contribution is -2.19. The van der Waals surface area contributed by atoms with Crippen molar-refractivity contribution < 1.29 is 18.7 Å². The highest BCUT2D eigenvalue weighted by molar-refractivity contribution is 7.13. The minimum atomic E-state index is -0.417. The number of amides is 3. The van der Waals surface area contributed by atoms with Crippen LogP contribution < -0.4 is 20.7 Å². The fourth-order valence-corrected chi connectivity index (χ4v) is 3.36. The van der Waals surface area contributed by atoms with Crippen molar-refractivity contribution >= 4 is 51.1 Å². The van der Waals surface area contributed by atoms with E-state index >= 15 is 0 Å². The third-order valence-electron chi connectivity index (χ3n) is 4.36. The van der Waals surface area contributed by atoms with E-state index in [1.165, 1.54) is 23.1 Å². The van der Waals surface area contributed by atoms with Gasteiger partial charge in [0, 0.05) is 11.8 Å². The lowest BCUT2D eigenvalue weighted by Gasteiger charge is -2.08. The number of hydrogen-bond acceptors (Lipinski definition) is 8. The summed E-state index contributed by atoms with van der Waals surface area (Å²) < 4.78 is 11.0. The average molecular weight is 461 g/mol. The van der Waals surface area contributed by atoms with Crippen LogP contribution in [0, 0.1) is 0 Å². The van der Waals surface area contributed by atoms with E-state index in [2.05, 4.69) is 36.1 Å². The third-order valence-corrected chi connectivity index (χ3v) is 4.97. The maximum atomic E-state index is 12.1. The summed E-state index contributed by atoms with van der Waals surface area (Å²) in [5.74, 6) is 1.24. The van der Waals surface area contributed by atoms with Crippen molar-refractivity contribution in [2.24, 2.45) is 0 Å². The van der Waals surface area contributed by atoms with Gasteiger partial charge in [0.1, 0.15) is 17.0 Å². The molecule has 0 atom stereocenters. The summed E-state index contributed by atoms with van der Waals surface area (Å²) in [6.07, 6.45) is 1.43. The zero-order chi connectivity index (χ0) is 22.6. The van der Waals surface area contributed by atoms with E-state index in [1.807, 2.05) is 0 Å². The van der Waals surface area contributed by atoms with Gasteiger partial charge in [0.2, 0.25) is 11.1 Å². The summed E-state index contributed by atoms with van der Waals surface area (Å²) in [5, 5.41) is 15.8. The first-order chi connectivity index (χ1) is 16.1. The number of benzene rings is 2. The molecule has 33 heavy (non-hydrogen) atoms. The minimum absolute atomic E-state index is 0.190. The normalized spacial score (nSPS) is 10.7. The zero-order valence-electron chi connectivity index (χ0n) is 16.7. The van der Waals surface area contributed by atoms with Crippen molar-refractivity contribution in [1.82, 2.24) is 20.2 Å². The third kappa shape index (κ3) is 4.80. The van der Waals surface area contributed by atoms with Gasteiger partial charge in [-0.1, -0.05) is 11.3 Å². The van der Waals surface area contributed by atoms with Gasteiger partial charge in [0.15, 0.2) is 5.76 Å². The van der Waals surface area contributed by atoms with Gasteiger partial charge in [0.05, 0.1) is 17.3 Å². The van der Waals surface area contributed by atoms with Gasteiger partial charge in [-0.05, 0) is 48.5 Å². The van der Waals surface area contributed by atoms with Crippen molar-refractivity contribution in [2.75, 3.05) is 16.0 Å². The van der Waals surface area contributed by atoms with Crippen molar-refractivity contribution in [3.63, 3.8) is 0 Å². The number of nitrogens with one attached hydrogen (secondary N) is 4. The molecule has 0 spiro atoms. The summed E-state index contributed by atoms with van der Waals surface area (Å²) in [4.78, 5) is 31.4. The molecule has 0 fully saturated rings. The molecule has 11 nitrogen and oxygen atoms in total. The first-order valence-corrected chi connectivity index (χ1v) is 10.5. The van der Waals surface area contributed by atoms with Gasteiger partial charge in [-0.3, -0.25) is 15.4 Å². The number of rotatable bonds is 6. The number of aromatic amines is 1. The molecule has 5 aromatic rings. The lowest BCUT2D eigenvalue weighted by atomic mass is 10.3. The number of fused-ring (bicyclic) bond motifs is 1. The van der Waals surface area contributed by atoms with Crippen LogP contribution in [0.3, 0.4) is 0 Å². The first kappa shape index (κ1) is 20.2. The molecule has 0 aliphatic heterocycles. The highest BCUT2D eigenvalue weighted by Crippen LogP contribution is 2.26. The Morgan fingerprint density at radius 3 is 2.61 bits per heavy atom. The zero-order valence-corrected chi connectivity index (χ0v) is 17.6. The van der Waals surface area contributed by atoms with Gasteiger partial charge in [-0.25, -0.2) is 9.78 Å². The van der Waals surface area contributed by atoms with Gasteiger partial charge in [-0.15, -0.1) is 10.2 Å². The maximum Gasteiger partial charge on any atom is 0.325 e. The molecule has 0 saturated heterocycles. The number of anilines is 3. The largest absolute Gasteiger partial charge is 0.459 e. The number of carbonyl (C=O) groups is 2. The molecule has 164 valence electrons. The second-order valence-corrected chi connectivity index (χ2v) is 7.48. The quantitative estimate of drug-likeness (QED) is 0.287. The number of hydrogen-bond donors (Lipinski definition) is 4. The Morgan fingerprint density at radius 2 is 1.85 bits per heavy atom. The predicted octanol–water partition coefficient (Wildman–Crippen LogP) is 4.70. The molecule has 0 aliphatic carbocycles. The topological polar surface area (TPSA) is 147 Å². The van der Waals surface area contributed by atoms with Crippen molar-refractivity contribution in [1.29, 1.82) is 0 Å². The summed E-state index contributed by atoms with van der Waals surface area (Å²) in [5.41, 5.74) is 3.47. The molecule has 3 amide bonds.